The molecule has 0 aliphatic carbocycles. The molecule has 0 saturated carbocycles. The fraction of sp³-hybridized carbons (Fsp3) is 0.250. The first-order valence-electron chi connectivity index (χ1n) is 4.02. The Morgan fingerprint density at radius 2 is 2.38 bits per heavy atom. The highest BCUT2D eigenvalue weighted by Gasteiger charge is 2.04. The van der Waals surface area contributed by atoms with Gasteiger partial charge in [-0.05, 0) is 0 Å². The Balaban J connectivity index is 2.24. The molecule has 2 aromatic rings. The number of aliphatic hydroxyl groups excluding tert-OH is 1. The molecule has 5 N–H and O–H groups in total. The van der Waals surface area contributed by atoms with Gasteiger partial charge in [0.05, 0.1) is 12.1 Å². The van der Waals surface area contributed by atoms with E-state index in [1.807, 2.05) is 0 Å². The van der Waals surface area contributed by atoms with Crippen LogP contribution in [0.15, 0.2) is 16.5 Å². The van der Waals surface area contributed by atoms with Gasteiger partial charge in [0.25, 0.3) is 0 Å². The van der Waals surface area contributed by atoms with Crippen molar-refractivity contribution in [2.45, 2.75) is 0 Å². The van der Waals surface area contributed by atoms with Crippen molar-refractivity contribution < 1.29 is 9.52 Å². The molecule has 5 heteroatoms. The summed E-state index contributed by atoms with van der Waals surface area (Å²) < 4.78 is 5.36. The molecule has 13 heavy (non-hydrogen) atoms. The van der Waals surface area contributed by atoms with Crippen LogP contribution in [0.3, 0.4) is 0 Å². The molecule has 2 rings (SSSR count). The highest BCUT2D eigenvalue weighted by molar-refractivity contribution is 5.81. The van der Waals surface area contributed by atoms with Gasteiger partial charge in [0.2, 0.25) is 0 Å². The molecule has 0 saturated heterocycles. The normalized spacial score (nSPS) is 10.8. The van der Waals surface area contributed by atoms with Crippen LogP contribution in [0.1, 0.15) is 0 Å². The van der Waals surface area contributed by atoms with Crippen LogP contribution < -0.4 is 11.1 Å². The lowest BCUT2D eigenvalue weighted by atomic mass is 10.5. The minimum absolute atomic E-state index is 0.0801. The zero-order valence-electron chi connectivity index (χ0n) is 7.00. The van der Waals surface area contributed by atoms with E-state index >= 15 is 0 Å². The monoisotopic (exact) mass is 181 g/mol. The number of anilines is 2. The SMILES string of the molecule is Nc1cc2oc(NCCO)cc2[nH]1. The molecule has 0 aliphatic rings. The molecular weight excluding hydrogens is 170 g/mol. The molecule has 0 fully saturated rings. The third-order valence-electron chi connectivity index (χ3n) is 1.74. The summed E-state index contributed by atoms with van der Waals surface area (Å²) in [5, 5.41) is 11.5. The van der Waals surface area contributed by atoms with E-state index in [-0.39, 0.29) is 6.61 Å². The van der Waals surface area contributed by atoms with Crippen LogP contribution in [-0.2, 0) is 0 Å². The minimum Gasteiger partial charge on any atom is -0.439 e. The number of aliphatic hydroxyl groups is 1. The maximum absolute atomic E-state index is 8.57. The molecule has 0 aliphatic heterocycles. The molecule has 0 amide bonds. The van der Waals surface area contributed by atoms with Crippen molar-refractivity contribution in [1.82, 2.24) is 4.98 Å². The summed E-state index contributed by atoms with van der Waals surface area (Å²) >= 11 is 0. The number of H-pyrrole nitrogens is 1. The summed E-state index contributed by atoms with van der Waals surface area (Å²) in [4.78, 5) is 2.94. The van der Waals surface area contributed by atoms with Crippen molar-refractivity contribution in [2.24, 2.45) is 0 Å². The van der Waals surface area contributed by atoms with Gasteiger partial charge in [-0.15, -0.1) is 0 Å². The average Bonchev–Trinajstić information content (AvgIpc) is 2.57. The summed E-state index contributed by atoms with van der Waals surface area (Å²) in [5.41, 5.74) is 7.09. The van der Waals surface area contributed by atoms with Gasteiger partial charge in [0.15, 0.2) is 11.5 Å². The van der Waals surface area contributed by atoms with Gasteiger partial charge in [-0.3, -0.25) is 0 Å². The molecule has 0 aromatic carbocycles. The number of nitrogen functional groups attached to an aromatic ring is 1. The number of furan rings is 1. The smallest absolute Gasteiger partial charge is 0.195 e. The minimum atomic E-state index is 0.0801. The molecule has 0 unspecified atom stereocenters. The molecule has 0 atom stereocenters. The summed E-state index contributed by atoms with van der Waals surface area (Å²) in [5.74, 6) is 1.22. The van der Waals surface area contributed by atoms with Gasteiger partial charge in [-0.1, -0.05) is 0 Å². The largest absolute Gasteiger partial charge is 0.439 e. The Hall–Kier alpha value is -1.62. The molecule has 2 aromatic heterocycles. The summed E-state index contributed by atoms with van der Waals surface area (Å²) in [6, 6.07) is 3.53. The predicted molar refractivity (Wildman–Crippen MR) is 50.6 cm³/mol. The van der Waals surface area contributed by atoms with Gasteiger partial charge in [-0.25, -0.2) is 0 Å². The lowest BCUT2D eigenvalue weighted by Crippen LogP contribution is -2.03. The molecule has 0 radical (unpaired) electrons. The van der Waals surface area contributed by atoms with Crippen molar-refractivity contribution in [3.05, 3.63) is 12.1 Å². The van der Waals surface area contributed by atoms with Gasteiger partial charge in [0, 0.05) is 18.7 Å². The van der Waals surface area contributed by atoms with Crippen molar-refractivity contribution in [2.75, 3.05) is 24.2 Å². The van der Waals surface area contributed by atoms with E-state index in [1.165, 1.54) is 0 Å². The Bertz CT molecular complexity index is 373. The number of aromatic amines is 1. The van der Waals surface area contributed by atoms with Crippen LogP contribution >= 0.6 is 0 Å². The average molecular weight is 181 g/mol. The van der Waals surface area contributed by atoms with E-state index < -0.39 is 0 Å². The van der Waals surface area contributed by atoms with Crippen LogP contribution in [0.2, 0.25) is 0 Å². The van der Waals surface area contributed by atoms with Crippen LogP contribution in [0.5, 0.6) is 0 Å². The molecule has 2 heterocycles. The van der Waals surface area contributed by atoms with Crippen LogP contribution in [0.25, 0.3) is 11.1 Å². The Morgan fingerprint density at radius 3 is 3.08 bits per heavy atom. The first kappa shape index (κ1) is 8.00. The molecule has 0 spiro atoms. The lowest BCUT2D eigenvalue weighted by molar-refractivity contribution is 0.310. The van der Waals surface area contributed by atoms with Crippen molar-refractivity contribution in [3.8, 4) is 0 Å². The first-order chi connectivity index (χ1) is 6.29. The van der Waals surface area contributed by atoms with Crippen LogP contribution in [0, 0.1) is 0 Å². The molecule has 0 bridgehead atoms. The quantitative estimate of drug-likeness (QED) is 0.562. The zero-order valence-corrected chi connectivity index (χ0v) is 7.00. The van der Waals surface area contributed by atoms with E-state index in [0.29, 0.717) is 18.2 Å². The van der Waals surface area contributed by atoms with Gasteiger partial charge in [0.1, 0.15) is 5.82 Å². The number of nitrogens with one attached hydrogen (secondary N) is 2. The highest BCUT2D eigenvalue weighted by atomic mass is 16.4. The van der Waals surface area contributed by atoms with Gasteiger partial charge < -0.3 is 25.6 Å². The van der Waals surface area contributed by atoms with Crippen LogP contribution in [-0.4, -0.2) is 23.2 Å². The van der Waals surface area contributed by atoms with E-state index in [0.717, 1.165) is 11.1 Å². The number of hydrogen-bond acceptors (Lipinski definition) is 4. The zero-order chi connectivity index (χ0) is 9.26. The van der Waals surface area contributed by atoms with E-state index in [4.69, 9.17) is 15.3 Å². The number of aromatic nitrogens is 1. The number of fused-ring (bicyclic) bond motifs is 1. The van der Waals surface area contributed by atoms with Gasteiger partial charge >= 0.3 is 0 Å². The Labute approximate surface area is 74.5 Å². The lowest BCUT2D eigenvalue weighted by Gasteiger charge is -1.96. The van der Waals surface area contributed by atoms with E-state index in [1.54, 1.807) is 12.1 Å². The predicted octanol–water partition coefficient (Wildman–Crippen LogP) is 0.747. The molecule has 5 nitrogen and oxygen atoms in total. The molecular formula is C8H11N3O2. The Morgan fingerprint density at radius 1 is 1.54 bits per heavy atom. The fourth-order valence-corrected chi connectivity index (χ4v) is 1.21. The van der Waals surface area contributed by atoms with Crippen molar-refractivity contribution in [1.29, 1.82) is 0 Å². The second kappa shape index (κ2) is 3.02. The first-order valence-corrected chi connectivity index (χ1v) is 4.02. The maximum Gasteiger partial charge on any atom is 0.195 e. The summed E-state index contributed by atoms with van der Waals surface area (Å²) in [6.45, 7) is 0.558. The number of rotatable bonds is 3. The maximum atomic E-state index is 8.57. The van der Waals surface area contributed by atoms with Crippen molar-refractivity contribution in [3.63, 3.8) is 0 Å². The van der Waals surface area contributed by atoms with Gasteiger partial charge in [-0.2, -0.15) is 0 Å². The summed E-state index contributed by atoms with van der Waals surface area (Å²) in [7, 11) is 0. The third-order valence-corrected chi connectivity index (χ3v) is 1.74. The van der Waals surface area contributed by atoms with E-state index in [9.17, 15) is 0 Å². The topological polar surface area (TPSA) is 87.2 Å². The van der Waals surface area contributed by atoms with Crippen molar-refractivity contribution >= 4 is 22.8 Å². The Kier molecular flexibility index (Phi) is 1.86. The highest BCUT2D eigenvalue weighted by Crippen LogP contribution is 2.23. The van der Waals surface area contributed by atoms with E-state index in [2.05, 4.69) is 10.3 Å². The fourth-order valence-electron chi connectivity index (χ4n) is 1.21. The number of nitrogens with two attached hydrogens (primary N) is 1. The number of hydrogen-bond donors (Lipinski definition) is 4. The second-order valence-corrected chi connectivity index (χ2v) is 2.76. The van der Waals surface area contributed by atoms with Crippen LogP contribution in [0.4, 0.5) is 11.7 Å². The second-order valence-electron chi connectivity index (χ2n) is 2.76. The molecule has 70 valence electrons. The third kappa shape index (κ3) is 1.46. The standard InChI is InChI=1S/C8H11N3O2/c9-7-4-6-5(11-7)3-8(13-6)10-1-2-12/h3-4,10-12H,1-2,9H2. The summed E-state index contributed by atoms with van der Waals surface area (Å²) in [6.07, 6.45) is 0.